The maximum absolute atomic E-state index is 10.9. The molecule has 1 aliphatic heterocycles. The number of piperazine rings is 1. The van der Waals surface area contributed by atoms with E-state index in [1.54, 1.807) is 12.1 Å². The first-order chi connectivity index (χ1) is 13.5. The van der Waals surface area contributed by atoms with Gasteiger partial charge in [0.15, 0.2) is 0 Å². The van der Waals surface area contributed by atoms with Crippen LogP contribution in [0.15, 0.2) is 66.7 Å². The summed E-state index contributed by atoms with van der Waals surface area (Å²) in [4.78, 5) is 4.75. The molecule has 0 bridgehead atoms. The Bertz CT molecular complexity index is 1050. The molecule has 3 aromatic carbocycles. The fraction of sp³-hybridized carbons (Fsp3) is 0.238. The van der Waals surface area contributed by atoms with Crippen LogP contribution in [0.1, 0.15) is 5.56 Å². The number of hydrogen-bond acceptors (Lipinski definition) is 4. The van der Waals surface area contributed by atoms with Crippen LogP contribution in [0.2, 0.25) is 0 Å². The second-order valence-electron chi connectivity index (χ2n) is 7.03. The predicted octanol–water partition coefficient (Wildman–Crippen LogP) is 3.38. The van der Waals surface area contributed by atoms with E-state index in [0.717, 1.165) is 38.4 Å². The largest absolute Gasteiger partial charge is 0.369 e. The Morgan fingerprint density at radius 1 is 0.857 bits per heavy atom. The Hall–Kier alpha value is -2.61. The number of nitrogens with zero attached hydrogens (tertiary/aromatic N) is 2. The number of anilines is 2. The van der Waals surface area contributed by atoms with Gasteiger partial charge in [-0.1, -0.05) is 42.5 Å². The van der Waals surface area contributed by atoms with E-state index in [2.05, 4.69) is 57.0 Å². The highest BCUT2D eigenvalue weighted by molar-refractivity contribution is 7.87. The van der Waals surface area contributed by atoms with Gasteiger partial charge in [0, 0.05) is 38.4 Å². The summed E-state index contributed by atoms with van der Waals surface area (Å²) in [6.07, 6.45) is 0. The third kappa shape index (κ3) is 4.44. The zero-order chi connectivity index (χ0) is 19.6. The van der Waals surface area contributed by atoms with Gasteiger partial charge in [0.05, 0.1) is 5.69 Å². The van der Waals surface area contributed by atoms with Crippen molar-refractivity contribution in [2.75, 3.05) is 35.8 Å². The number of fused-ring (bicyclic) bond motifs is 1. The molecule has 0 saturated carbocycles. The summed E-state index contributed by atoms with van der Waals surface area (Å²) in [5.74, 6) is 0. The predicted molar refractivity (Wildman–Crippen MR) is 113 cm³/mol. The van der Waals surface area contributed by atoms with Crippen LogP contribution < -0.4 is 9.62 Å². The monoisotopic (exact) mass is 397 g/mol. The zero-order valence-corrected chi connectivity index (χ0v) is 16.3. The van der Waals surface area contributed by atoms with E-state index in [-0.39, 0.29) is 0 Å². The summed E-state index contributed by atoms with van der Waals surface area (Å²) in [6, 6.07) is 22.0. The normalized spacial score (nSPS) is 15.7. The fourth-order valence-electron chi connectivity index (χ4n) is 3.72. The Balaban J connectivity index is 1.38. The van der Waals surface area contributed by atoms with Crippen LogP contribution in [0.5, 0.6) is 0 Å². The molecule has 1 aliphatic rings. The van der Waals surface area contributed by atoms with Crippen LogP contribution >= 0.6 is 0 Å². The molecule has 3 aromatic rings. The molecule has 0 aliphatic carbocycles. The van der Waals surface area contributed by atoms with Gasteiger partial charge in [-0.15, -0.1) is 0 Å². The Morgan fingerprint density at radius 3 is 2.25 bits per heavy atom. The summed E-state index contributed by atoms with van der Waals surface area (Å²) < 4.78 is 32.7. The van der Waals surface area contributed by atoms with Gasteiger partial charge < -0.3 is 4.90 Å². The molecule has 6 nitrogen and oxygen atoms in total. The van der Waals surface area contributed by atoms with Gasteiger partial charge in [0.2, 0.25) is 0 Å². The lowest BCUT2D eigenvalue weighted by Gasteiger charge is -2.36. The topological polar surface area (TPSA) is 72.9 Å². The molecule has 1 fully saturated rings. The van der Waals surface area contributed by atoms with Crippen molar-refractivity contribution in [2.45, 2.75) is 6.54 Å². The Morgan fingerprint density at radius 2 is 1.54 bits per heavy atom. The molecule has 2 N–H and O–H groups in total. The van der Waals surface area contributed by atoms with Crippen molar-refractivity contribution in [1.82, 2.24) is 4.90 Å². The molecule has 7 heteroatoms. The quantitative estimate of drug-likeness (QED) is 0.646. The van der Waals surface area contributed by atoms with Gasteiger partial charge in [0.25, 0.3) is 0 Å². The van der Waals surface area contributed by atoms with Gasteiger partial charge in [0.1, 0.15) is 0 Å². The lowest BCUT2D eigenvalue weighted by molar-refractivity contribution is 0.250. The molecule has 0 spiro atoms. The lowest BCUT2D eigenvalue weighted by atomic mass is 10.0. The van der Waals surface area contributed by atoms with Crippen LogP contribution in [0.3, 0.4) is 0 Å². The number of hydrogen-bond donors (Lipinski definition) is 2. The lowest BCUT2D eigenvalue weighted by Crippen LogP contribution is -2.45. The second-order valence-corrected chi connectivity index (χ2v) is 8.18. The number of benzene rings is 3. The third-order valence-corrected chi connectivity index (χ3v) is 5.62. The molecule has 0 aromatic heterocycles. The van der Waals surface area contributed by atoms with Gasteiger partial charge >= 0.3 is 10.3 Å². The van der Waals surface area contributed by atoms with Crippen molar-refractivity contribution in [2.24, 2.45) is 0 Å². The molecular formula is C21H23N3O3S. The number of nitrogens with one attached hydrogen (secondary N) is 1. The van der Waals surface area contributed by atoms with Gasteiger partial charge in [-0.2, -0.15) is 8.42 Å². The van der Waals surface area contributed by atoms with Gasteiger partial charge in [-0.3, -0.25) is 14.2 Å². The van der Waals surface area contributed by atoms with E-state index < -0.39 is 10.3 Å². The summed E-state index contributed by atoms with van der Waals surface area (Å²) in [6.45, 7) is 4.70. The first-order valence-electron chi connectivity index (χ1n) is 9.27. The molecule has 146 valence electrons. The average Bonchev–Trinajstić information content (AvgIpc) is 2.68. The minimum absolute atomic E-state index is 0.348. The first-order valence-corrected chi connectivity index (χ1v) is 10.7. The highest BCUT2D eigenvalue weighted by atomic mass is 32.2. The summed E-state index contributed by atoms with van der Waals surface area (Å²) in [7, 11) is -4.24. The Labute approximate surface area is 165 Å². The smallest absolute Gasteiger partial charge is 0.357 e. The van der Waals surface area contributed by atoms with Crippen LogP contribution in [-0.4, -0.2) is 44.0 Å². The van der Waals surface area contributed by atoms with Crippen LogP contribution in [0, 0.1) is 0 Å². The highest BCUT2D eigenvalue weighted by Gasteiger charge is 2.18. The Kier molecular flexibility index (Phi) is 5.21. The molecule has 4 rings (SSSR count). The zero-order valence-electron chi connectivity index (χ0n) is 15.5. The molecule has 1 saturated heterocycles. The SMILES string of the molecule is O=S(=O)(O)Nc1ccc(N2CCN(Cc3cccc4ccccc34)CC2)cc1. The minimum Gasteiger partial charge on any atom is -0.369 e. The fourth-order valence-corrected chi connectivity index (χ4v) is 4.16. The molecule has 0 unspecified atom stereocenters. The molecule has 0 amide bonds. The molecular weight excluding hydrogens is 374 g/mol. The highest BCUT2D eigenvalue weighted by Crippen LogP contribution is 2.23. The molecule has 1 heterocycles. The van der Waals surface area contributed by atoms with Crippen LogP contribution in [0.25, 0.3) is 10.8 Å². The van der Waals surface area contributed by atoms with E-state index in [0.29, 0.717) is 5.69 Å². The summed E-state index contributed by atoms with van der Waals surface area (Å²) >= 11 is 0. The van der Waals surface area contributed by atoms with Crippen molar-refractivity contribution in [3.05, 3.63) is 72.3 Å². The van der Waals surface area contributed by atoms with E-state index in [4.69, 9.17) is 4.55 Å². The van der Waals surface area contributed by atoms with Crippen molar-refractivity contribution in [3.8, 4) is 0 Å². The van der Waals surface area contributed by atoms with E-state index in [9.17, 15) is 8.42 Å². The molecule has 0 radical (unpaired) electrons. The summed E-state index contributed by atoms with van der Waals surface area (Å²) in [5, 5.41) is 2.59. The van der Waals surface area contributed by atoms with Crippen molar-refractivity contribution >= 4 is 32.5 Å². The second kappa shape index (κ2) is 7.79. The first kappa shape index (κ1) is 18.7. The van der Waals surface area contributed by atoms with E-state index in [1.807, 2.05) is 12.1 Å². The standard InChI is InChI=1S/C21H23N3O3S/c25-28(26,27)22-19-8-10-20(11-9-19)24-14-12-23(13-15-24)16-18-6-3-5-17-4-1-2-7-21(17)18/h1-11,22H,12-16H2,(H,25,26,27). The van der Waals surface area contributed by atoms with E-state index in [1.165, 1.54) is 16.3 Å². The summed E-state index contributed by atoms with van der Waals surface area (Å²) in [5.41, 5.74) is 2.75. The van der Waals surface area contributed by atoms with Crippen molar-refractivity contribution in [1.29, 1.82) is 0 Å². The average molecular weight is 398 g/mol. The molecule has 0 atom stereocenters. The molecule has 28 heavy (non-hydrogen) atoms. The third-order valence-electron chi connectivity index (χ3n) is 5.13. The maximum Gasteiger partial charge on any atom is 0.357 e. The number of rotatable bonds is 5. The van der Waals surface area contributed by atoms with Crippen molar-refractivity contribution < 1.29 is 13.0 Å². The maximum atomic E-state index is 10.9. The minimum atomic E-state index is -4.24. The van der Waals surface area contributed by atoms with E-state index >= 15 is 0 Å². The van der Waals surface area contributed by atoms with Gasteiger partial charge in [-0.25, -0.2) is 0 Å². The van der Waals surface area contributed by atoms with Gasteiger partial charge in [-0.05, 0) is 40.6 Å². The van der Waals surface area contributed by atoms with Crippen LogP contribution in [0.4, 0.5) is 11.4 Å². The van der Waals surface area contributed by atoms with Crippen LogP contribution in [-0.2, 0) is 16.8 Å². The van der Waals surface area contributed by atoms with Crippen molar-refractivity contribution in [3.63, 3.8) is 0 Å².